The molecule has 0 spiro atoms. The lowest BCUT2D eigenvalue weighted by Crippen LogP contribution is -2.45. The molecular formula is C23H28N2O6S. The van der Waals surface area contributed by atoms with Crippen molar-refractivity contribution in [1.29, 1.82) is 0 Å². The van der Waals surface area contributed by atoms with Crippen molar-refractivity contribution in [2.75, 3.05) is 25.6 Å². The van der Waals surface area contributed by atoms with Gasteiger partial charge in [-0.3, -0.25) is 4.79 Å². The Morgan fingerprint density at radius 1 is 1.06 bits per heavy atom. The number of nitrogens with one attached hydrogen (secondary N) is 1. The Morgan fingerprint density at radius 2 is 1.75 bits per heavy atom. The number of rotatable bonds is 8. The number of methoxy groups -OCH3 is 1. The zero-order valence-electron chi connectivity index (χ0n) is 18.2. The van der Waals surface area contributed by atoms with Gasteiger partial charge in [0.2, 0.25) is 15.9 Å². The van der Waals surface area contributed by atoms with Crippen molar-refractivity contribution < 1.29 is 27.5 Å². The van der Waals surface area contributed by atoms with Gasteiger partial charge in [0, 0.05) is 24.7 Å². The summed E-state index contributed by atoms with van der Waals surface area (Å²) in [5.41, 5.74) is 0.928. The van der Waals surface area contributed by atoms with E-state index in [0.29, 0.717) is 30.0 Å². The Morgan fingerprint density at radius 3 is 2.38 bits per heavy atom. The molecule has 1 aliphatic heterocycles. The van der Waals surface area contributed by atoms with Gasteiger partial charge in [-0.05, 0) is 68.3 Å². The molecule has 0 radical (unpaired) electrons. The fraction of sp³-hybridized carbons (Fsp3) is 0.391. The number of sulfonamides is 1. The largest absolute Gasteiger partial charge is 0.497 e. The highest BCUT2D eigenvalue weighted by Crippen LogP contribution is 2.28. The van der Waals surface area contributed by atoms with E-state index in [1.165, 1.54) is 23.5 Å². The number of hydrogen-bond donors (Lipinski definition) is 1. The van der Waals surface area contributed by atoms with Crippen LogP contribution in [0.5, 0.6) is 5.75 Å². The Labute approximate surface area is 188 Å². The number of benzene rings is 2. The molecule has 1 saturated heterocycles. The minimum Gasteiger partial charge on any atom is -0.497 e. The number of hydrogen-bond acceptors (Lipinski definition) is 6. The molecule has 0 aliphatic carbocycles. The van der Waals surface area contributed by atoms with E-state index in [4.69, 9.17) is 9.47 Å². The zero-order chi connectivity index (χ0) is 23.1. The SMILES string of the molecule is CCOC(=O)c1ccc(NC(=O)CC2CCCCN2S(=O)(=O)c2ccc(OC)cc2)cc1. The minimum atomic E-state index is -3.73. The first-order valence-electron chi connectivity index (χ1n) is 10.6. The second kappa shape index (κ2) is 10.6. The average Bonchev–Trinajstić information content (AvgIpc) is 2.80. The first-order chi connectivity index (χ1) is 15.3. The molecule has 172 valence electrons. The third-order valence-electron chi connectivity index (χ3n) is 5.34. The highest BCUT2D eigenvalue weighted by molar-refractivity contribution is 7.89. The monoisotopic (exact) mass is 460 g/mol. The van der Waals surface area contributed by atoms with Crippen LogP contribution in [0.25, 0.3) is 0 Å². The molecule has 0 aromatic heterocycles. The smallest absolute Gasteiger partial charge is 0.338 e. The van der Waals surface area contributed by atoms with Gasteiger partial charge in [0.15, 0.2) is 0 Å². The molecule has 2 aromatic carbocycles. The standard InChI is InChI=1S/C23H28N2O6S/c1-3-31-23(27)17-7-9-18(10-8-17)24-22(26)16-19-6-4-5-15-25(19)32(28,29)21-13-11-20(30-2)12-14-21/h7-14,19H,3-6,15-16H2,1-2H3,(H,24,26). The van der Waals surface area contributed by atoms with Crippen LogP contribution in [0.15, 0.2) is 53.4 Å². The molecule has 1 heterocycles. The first-order valence-corrected chi connectivity index (χ1v) is 12.0. The summed E-state index contributed by atoms with van der Waals surface area (Å²) in [6.07, 6.45) is 2.28. The summed E-state index contributed by atoms with van der Waals surface area (Å²) >= 11 is 0. The molecular weight excluding hydrogens is 432 g/mol. The van der Waals surface area contributed by atoms with Crippen LogP contribution in [-0.4, -0.2) is 50.9 Å². The van der Waals surface area contributed by atoms with Crippen LogP contribution in [0.2, 0.25) is 0 Å². The van der Waals surface area contributed by atoms with Crippen LogP contribution in [0, 0.1) is 0 Å². The van der Waals surface area contributed by atoms with Crippen molar-refractivity contribution in [3.05, 3.63) is 54.1 Å². The molecule has 1 atom stereocenters. The maximum atomic E-state index is 13.2. The van der Waals surface area contributed by atoms with E-state index in [1.807, 2.05) is 0 Å². The van der Waals surface area contributed by atoms with E-state index >= 15 is 0 Å². The summed E-state index contributed by atoms with van der Waals surface area (Å²) in [5, 5.41) is 2.79. The predicted octanol–water partition coefficient (Wildman–Crippen LogP) is 3.44. The van der Waals surface area contributed by atoms with E-state index in [9.17, 15) is 18.0 Å². The van der Waals surface area contributed by atoms with E-state index in [1.54, 1.807) is 43.3 Å². The predicted molar refractivity (Wildman–Crippen MR) is 120 cm³/mol. The molecule has 1 unspecified atom stereocenters. The van der Waals surface area contributed by atoms with Crippen molar-refractivity contribution in [3.8, 4) is 5.75 Å². The van der Waals surface area contributed by atoms with Crippen molar-refractivity contribution in [1.82, 2.24) is 4.31 Å². The number of nitrogens with zero attached hydrogens (tertiary/aromatic N) is 1. The van der Waals surface area contributed by atoms with Gasteiger partial charge in [0.1, 0.15) is 5.75 Å². The summed E-state index contributed by atoms with van der Waals surface area (Å²) in [4.78, 5) is 24.6. The molecule has 1 fully saturated rings. The highest BCUT2D eigenvalue weighted by Gasteiger charge is 2.34. The third-order valence-corrected chi connectivity index (χ3v) is 7.31. The molecule has 1 amide bonds. The molecule has 1 N–H and O–H groups in total. The number of amides is 1. The fourth-order valence-electron chi connectivity index (χ4n) is 3.71. The molecule has 9 heteroatoms. The normalized spacial score (nSPS) is 16.9. The van der Waals surface area contributed by atoms with Gasteiger partial charge in [0.05, 0.1) is 24.2 Å². The van der Waals surface area contributed by atoms with Crippen LogP contribution in [0.4, 0.5) is 5.69 Å². The van der Waals surface area contributed by atoms with Crippen LogP contribution in [-0.2, 0) is 19.6 Å². The number of carbonyl (C=O) groups excluding carboxylic acids is 2. The second-order valence-corrected chi connectivity index (χ2v) is 9.38. The lowest BCUT2D eigenvalue weighted by Gasteiger charge is -2.34. The van der Waals surface area contributed by atoms with Gasteiger partial charge in [0.25, 0.3) is 0 Å². The molecule has 3 rings (SSSR count). The van der Waals surface area contributed by atoms with Gasteiger partial charge in [-0.15, -0.1) is 0 Å². The Kier molecular flexibility index (Phi) is 7.87. The van der Waals surface area contributed by atoms with Crippen molar-refractivity contribution in [3.63, 3.8) is 0 Å². The lowest BCUT2D eigenvalue weighted by atomic mass is 10.0. The van der Waals surface area contributed by atoms with E-state index in [-0.39, 0.29) is 23.8 Å². The molecule has 32 heavy (non-hydrogen) atoms. The summed E-state index contributed by atoms with van der Waals surface area (Å²) in [5.74, 6) is -0.129. The minimum absolute atomic E-state index is 0.0506. The van der Waals surface area contributed by atoms with Gasteiger partial charge >= 0.3 is 5.97 Å². The zero-order valence-corrected chi connectivity index (χ0v) is 19.1. The van der Waals surface area contributed by atoms with Gasteiger partial charge in [-0.25, -0.2) is 13.2 Å². The van der Waals surface area contributed by atoms with Gasteiger partial charge in [-0.2, -0.15) is 4.31 Å². The lowest BCUT2D eigenvalue weighted by molar-refractivity contribution is -0.117. The van der Waals surface area contributed by atoms with Gasteiger partial charge < -0.3 is 14.8 Å². The van der Waals surface area contributed by atoms with Crippen LogP contribution >= 0.6 is 0 Å². The van der Waals surface area contributed by atoms with Crippen molar-refractivity contribution in [2.24, 2.45) is 0 Å². The number of esters is 1. The summed E-state index contributed by atoms with van der Waals surface area (Å²) in [6.45, 7) is 2.39. The topological polar surface area (TPSA) is 102 Å². The van der Waals surface area contributed by atoms with Crippen LogP contribution in [0.3, 0.4) is 0 Å². The number of ether oxygens (including phenoxy) is 2. The third kappa shape index (κ3) is 5.66. The summed E-state index contributed by atoms with van der Waals surface area (Å²) < 4.78 is 37.9. The summed E-state index contributed by atoms with van der Waals surface area (Å²) in [6, 6.07) is 12.2. The van der Waals surface area contributed by atoms with Crippen molar-refractivity contribution >= 4 is 27.6 Å². The quantitative estimate of drug-likeness (QED) is 0.606. The molecule has 8 nitrogen and oxygen atoms in total. The Hall–Kier alpha value is -2.91. The maximum Gasteiger partial charge on any atom is 0.338 e. The number of anilines is 1. The van der Waals surface area contributed by atoms with E-state index in [0.717, 1.165) is 12.8 Å². The molecule has 1 aliphatic rings. The highest BCUT2D eigenvalue weighted by atomic mass is 32.2. The van der Waals surface area contributed by atoms with Crippen LogP contribution < -0.4 is 10.1 Å². The first kappa shape index (κ1) is 23.7. The fourth-order valence-corrected chi connectivity index (χ4v) is 5.40. The Bertz CT molecular complexity index is 1040. The average molecular weight is 461 g/mol. The maximum absolute atomic E-state index is 13.2. The molecule has 0 saturated carbocycles. The van der Waals surface area contributed by atoms with E-state index < -0.39 is 22.0 Å². The molecule has 0 bridgehead atoms. The van der Waals surface area contributed by atoms with Crippen molar-refractivity contribution in [2.45, 2.75) is 43.5 Å². The second-order valence-electron chi connectivity index (χ2n) is 7.49. The van der Waals surface area contributed by atoms with E-state index in [2.05, 4.69) is 5.32 Å². The Balaban J connectivity index is 1.67. The van der Waals surface area contributed by atoms with Crippen LogP contribution in [0.1, 0.15) is 43.0 Å². The molecule has 2 aromatic rings. The summed E-state index contributed by atoms with van der Waals surface area (Å²) in [7, 11) is -2.21. The number of piperidine rings is 1. The van der Waals surface area contributed by atoms with Gasteiger partial charge in [-0.1, -0.05) is 6.42 Å². The number of carbonyl (C=O) groups is 2.